The van der Waals surface area contributed by atoms with Gasteiger partial charge in [0.2, 0.25) is 5.88 Å². The van der Waals surface area contributed by atoms with Crippen LogP contribution < -0.4 is 10.1 Å². The Morgan fingerprint density at radius 1 is 1.25 bits per heavy atom. The molecule has 0 saturated carbocycles. The topological polar surface area (TPSA) is 34.1 Å². The molecule has 0 bridgehead atoms. The van der Waals surface area contributed by atoms with Gasteiger partial charge in [-0.25, -0.2) is 4.98 Å². The van der Waals surface area contributed by atoms with Crippen LogP contribution in [0, 0.1) is 6.92 Å². The second-order valence-electron chi connectivity index (χ2n) is 5.31. The van der Waals surface area contributed by atoms with Crippen LogP contribution in [0.2, 0.25) is 0 Å². The number of benzene rings is 1. The van der Waals surface area contributed by atoms with Gasteiger partial charge in [0, 0.05) is 17.8 Å². The number of aromatic nitrogens is 1. The average Bonchev–Trinajstić information content (AvgIpc) is 2.46. The van der Waals surface area contributed by atoms with Crippen LogP contribution in [0.5, 0.6) is 11.6 Å². The fraction of sp³-hybridized carbons (Fsp3) is 0.353. The first-order chi connectivity index (χ1) is 9.76. The van der Waals surface area contributed by atoms with Crippen LogP contribution in [-0.4, -0.2) is 12.0 Å². The summed E-state index contributed by atoms with van der Waals surface area (Å²) in [7, 11) is 2.03. The molecule has 0 saturated heterocycles. The smallest absolute Gasteiger partial charge is 0.219 e. The number of nitrogens with zero attached hydrogens (tertiary/aromatic N) is 1. The van der Waals surface area contributed by atoms with E-state index in [1.54, 1.807) is 0 Å². The largest absolute Gasteiger partial charge is 0.439 e. The Balaban J connectivity index is 1.85. The summed E-state index contributed by atoms with van der Waals surface area (Å²) >= 11 is 0. The van der Waals surface area contributed by atoms with Crippen LogP contribution in [0.4, 0.5) is 0 Å². The predicted molar refractivity (Wildman–Crippen MR) is 80.2 cm³/mol. The molecule has 20 heavy (non-hydrogen) atoms. The van der Waals surface area contributed by atoms with Crippen molar-refractivity contribution in [1.29, 1.82) is 0 Å². The highest BCUT2D eigenvalue weighted by Crippen LogP contribution is 2.32. The summed E-state index contributed by atoms with van der Waals surface area (Å²) in [5.74, 6) is 1.53. The minimum Gasteiger partial charge on any atom is -0.439 e. The van der Waals surface area contributed by atoms with E-state index in [9.17, 15) is 0 Å². The molecule has 1 aliphatic rings. The molecule has 1 aromatic heterocycles. The minimum atomic E-state index is 0.477. The minimum absolute atomic E-state index is 0.477. The maximum atomic E-state index is 5.86. The lowest BCUT2D eigenvalue weighted by Gasteiger charge is -2.25. The van der Waals surface area contributed by atoms with Gasteiger partial charge in [-0.15, -0.1) is 0 Å². The van der Waals surface area contributed by atoms with Crippen LogP contribution in [0.1, 0.15) is 35.7 Å². The third kappa shape index (κ3) is 2.68. The van der Waals surface area contributed by atoms with E-state index >= 15 is 0 Å². The molecule has 3 heteroatoms. The molecule has 3 rings (SSSR count). The molecule has 1 unspecified atom stereocenters. The zero-order chi connectivity index (χ0) is 13.9. The Bertz CT molecular complexity index is 610. The lowest BCUT2D eigenvalue weighted by atomic mass is 9.87. The fourth-order valence-corrected chi connectivity index (χ4v) is 2.85. The van der Waals surface area contributed by atoms with Crippen molar-refractivity contribution >= 4 is 0 Å². The van der Waals surface area contributed by atoms with Crippen LogP contribution >= 0.6 is 0 Å². The summed E-state index contributed by atoms with van der Waals surface area (Å²) in [6, 6.07) is 12.7. The summed E-state index contributed by atoms with van der Waals surface area (Å²) in [6.07, 6.45) is 3.57. The van der Waals surface area contributed by atoms with Gasteiger partial charge in [-0.1, -0.05) is 12.1 Å². The molecule has 1 aromatic carbocycles. The third-order valence-electron chi connectivity index (χ3n) is 3.86. The first-order valence-corrected chi connectivity index (χ1v) is 7.18. The molecule has 2 aromatic rings. The summed E-state index contributed by atoms with van der Waals surface area (Å²) in [5, 5.41) is 3.38. The maximum absolute atomic E-state index is 5.86. The summed E-state index contributed by atoms with van der Waals surface area (Å²) in [5.41, 5.74) is 3.76. The van der Waals surface area contributed by atoms with Gasteiger partial charge in [-0.05, 0) is 62.6 Å². The molecule has 104 valence electrons. The fourth-order valence-electron chi connectivity index (χ4n) is 2.85. The van der Waals surface area contributed by atoms with E-state index in [1.807, 2.05) is 38.2 Å². The van der Waals surface area contributed by atoms with E-state index in [0.29, 0.717) is 11.9 Å². The maximum Gasteiger partial charge on any atom is 0.219 e. The number of hydrogen-bond acceptors (Lipinski definition) is 3. The van der Waals surface area contributed by atoms with Gasteiger partial charge < -0.3 is 10.1 Å². The molecule has 1 N–H and O–H groups in total. The van der Waals surface area contributed by atoms with Gasteiger partial charge in [0.1, 0.15) is 5.75 Å². The molecule has 0 amide bonds. The van der Waals surface area contributed by atoms with Crippen LogP contribution in [0.15, 0.2) is 36.4 Å². The number of rotatable bonds is 3. The normalized spacial score (nSPS) is 17.6. The Morgan fingerprint density at radius 3 is 2.95 bits per heavy atom. The van der Waals surface area contributed by atoms with E-state index in [4.69, 9.17) is 4.74 Å². The predicted octanol–water partition coefficient (Wildman–Crippen LogP) is 3.78. The Labute approximate surface area is 120 Å². The molecule has 3 nitrogen and oxygen atoms in total. The molecule has 0 spiro atoms. The lowest BCUT2D eigenvalue weighted by molar-refractivity contribution is 0.455. The molecule has 0 aliphatic heterocycles. The highest BCUT2D eigenvalue weighted by atomic mass is 16.5. The monoisotopic (exact) mass is 268 g/mol. The molecular formula is C17H20N2O. The third-order valence-corrected chi connectivity index (χ3v) is 3.86. The molecule has 0 radical (unpaired) electrons. The SMILES string of the molecule is CNC1CCCc2cc(Oc3cccc(C)n3)ccc21. The molecule has 1 heterocycles. The average molecular weight is 268 g/mol. The first-order valence-electron chi connectivity index (χ1n) is 7.18. The standard InChI is InChI=1S/C17H20N2O/c1-12-5-3-8-17(19-12)20-14-9-10-15-13(11-14)6-4-7-16(15)18-2/h3,5,8-11,16,18H,4,6-7H2,1-2H3. The van der Waals surface area contributed by atoms with Crippen molar-refractivity contribution in [3.63, 3.8) is 0 Å². The quantitative estimate of drug-likeness (QED) is 0.920. The van der Waals surface area contributed by atoms with Crippen molar-refractivity contribution in [2.45, 2.75) is 32.2 Å². The van der Waals surface area contributed by atoms with Crippen LogP contribution in [0.25, 0.3) is 0 Å². The van der Waals surface area contributed by atoms with Crippen molar-refractivity contribution < 1.29 is 4.74 Å². The van der Waals surface area contributed by atoms with Crippen molar-refractivity contribution in [2.75, 3.05) is 7.05 Å². The Morgan fingerprint density at radius 2 is 2.15 bits per heavy atom. The highest BCUT2D eigenvalue weighted by molar-refractivity contribution is 5.40. The van der Waals surface area contributed by atoms with Gasteiger partial charge >= 0.3 is 0 Å². The van der Waals surface area contributed by atoms with Crippen molar-refractivity contribution in [1.82, 2.24) is 10.3 Å². The second-order valence-corrected chi connectivity index (χ2v) is 5.31. The van der Waals surface area contributed by atoms with E-state index in [0.717, 1.165) is 17.9 Å². The summed E-state index contributed by atoms with van der Waals surface area (Å²) < 4.78 is 5.86. The van der Waals surface area contributed by atoms with Gasteiger partial charge in [0.25, 0.3) is 0 Å². The number of nitrogens with one attached hydrogen (secondary N) is 1. The van der Waals surface area contributed by atoms with E-state index in [-0.39, 0.29) is 0 Å². The van der Waals surface area contributed by atoms with Crippen molar-refractivity contribution in [3.05, 3.63) is 53.2 Å². The number of hydrogen-bond donors (Lipinski definition) is 1. The number of ether oxygens (including phenoxy) is 1. The number of fused-ring (bicyclic) bond motifs is 1. The number of pyridine rings is 1. The Hall–Kier alpha value is -1.87. The van der Waals surface area contributed by atoms with Crippen molar-refractivity contribution in [3.8, 4) is 11.6 Å². The van der Waals surface area contributed by atoms with Crippen LogP contribution in [-0.2, 0) is 6.42 Å². The molecule has 1 aliphatic carbocycles. The zero-order valence-electron chi connectivity index (χ0n) is 12.0. The highest BCUT2D eigenvalue weighted by Gasteiger charge is 2.19. The summed E-state index contributed by atoms with van der Waals surface area (Å²) in [6.45, 7) is 1.97. The molecule has 0 fully saturated rings. The van der Waals surface area contributed by atoms with Gasteiger partial charge in [0.15, 0.2) is 0 Å². The van der Waals surface area contributed by atoms with Gasteiger partial charge in [-0.3, -0.25) is 0 Å². The first kappa shape index (κ1) is 13.1. The zero-order valence-corrected chi connectivity index (χ0v) is 12.0. The second kappa shape index (κ2) is 5.63. The Kier molecular flexibility index (Phi) is 3.70. The molecular weight excluding hydrogens is 248 g/mol. The van der Waals surface area contributed by atoms with Gasteiger partial charge in [-0.2, -0.15) is 0 Å². The van der Waals surface area contributed by atoms with E-state index < -0.39 is 0 Å². The van der Waals surface area contributed by atoms with Crippen molar-refractivity contribution in [2.24, 2.45) is 0 Å². The van der Waals surface area contributed by atoms with E-state index in [2.05, 4.69) is 22.4 Å². The lowest BCUT2D eigenvalue weighted by Crippen LogP contribution is -2.21. The van der Waals surface area contributed by atoms with Gasteiger partial charge in [0.05, 0.1) is 0 Å². The number of aryl methyl sites for hydroxylation is 2. The molecule has 1 atom stereocenters. The summed E-state index contributed by atoms with van der Waals surface area (Å²) in [4.78, 5) is 4.38. The van der Waals surface area contributed by atoms with Crippen LogP contribution in [0.3, 0.4) is 0 Å². The van der Waals surface area contributed by atoms with E-state index in [1.165, 1.54) is 24.0 Å².